The van der Waals surface area contributed by atoms with E-state index in [9.17, 15) is 4.79 Å². The Morgan fingerprint density at radius 3 is 2.90 bits per heavy atom. The summed E-state index contributed by atoms with van der Waals surface area (Å²) in [4.78, 5) is 17.9. The van der Waals surface area contributed by atoms with Crippen molar-refractivity contribution in [2.75, 3.05) is 19.6 Å². The Labute approximate surface area is 119 Å². The Bertz CT molecular complexity index is 599. The maximum atomic E-state index is 12.3. The smallest absolute Gasteiger partial charge is 0.253 e. The van der Waals surface area contributed by atoms with Gasteiger partial charge in [0.15, 0.2) is 0 Å². The molecule has 1 amide bonds. The van der Waals surface area contributed by atoms with Crippen LogP contribution in [0.3, 0.4) is 0 Å². The lowest BCUT2D eigenvalue weighted by Crippen LogP contribution is -2.40. The summed E-state index contributed by atoms with van der Waals surface area (Å²) in [5.74, 6) is 0.00787. The van der Waals surface area contributed by atoms with Gasteiger partial charge in [-0.2, -0.15) is 0 Å². The molecule has 3 rings (SSSR count). The fraction of sp³-hybridized carbons (Fsp3) is 0.438. The quantitative estimate of drug-likeness (QED) is 0.897. The van der Waals surface area contributed by atoms with E-state index in [0.717, 1.165) is 29.6 Å². The molecule has 0 saturated carbocycles. The van der Waals surface area contributed by atoms with Gasteiger partial charge in [0.1, 0.15) is 0 Å². The van der Waals surface area contributed by atoms with Gasteiger partial charge in [-0.05, 0) is 38.9 Å². The highest BCUT2D eigenvalue weighted by molar-refractivity contribution is 6.06. The maximum Gasteiger partial charge on any atom is 0.253 e. The van der Waals surface area contributed by atoms with Crippen LogP contribution in [-0.4, -0.2) is 41.5 Å². The third kappa shape index (κ3) is 2.56. The standard InChI is InChI=1S/C16H21N3O/c1-12(19-8-4-5-9-19)10-18-16(20)14-11-17-15-7-3-2-6-13(14)15/h2-3,6-7,11-12,17H,4-5,8-10H2,1H3,(H,18,20). The summed E-state index contributed by atoms with van der Waals surface area (Å²) in [6.45, 7) is 5.20. The highest BCUT2D eigenvalue weighted by atomic mass is 16.1. The number of hydrogen-bond acceptors (Lipinski definition) is 2. The monoisotopic (exact) mass is 271 g/mol. The van der Waals surface area contributed by atoms with E-state index in [1.54, 1.807) is 6.20 Å². The molecular formula is C16H21N3O. The SMILES string of the molecule is CC(CNC(=O)c1c[nH]c2ccccc12)N1CCCC1. The zero-order chi connectivity index (χ0) is 13.9. The van der Waals surface area contributed by atoms with Crippen LogP contribution in [-0.2, 0) is 0 Å². The fourth-order valence-corrected chi connectivity index (χ4v) is 2.91. The molecule has 1 fully saturated rings. The molecule has 1 saturated heterocycles. The molecule has 1 unspecified atom stereocenters. The van der Waals surface area contributed by atoms with Gasteiger partial charge in [0.05, 0.1) is 5.56 Å². The second kappa shape index (κ2) is 5.67. The minimum atomic E-state index is 0.00787. The summed E-state index contributed by atoms with van der Waals surface area (Å²) in [6.07, 6.45) is 4.35. The zero-order valence-corrected chi connectivity index (χ0v) is 11.9. The van der Waals surface area contributed by atoms with Crippen LogP contribution < -0.4 is 5.32 Å². The average Bonchev–Trinajstić information content (AvgIpc) is 3.13. The molecule has 4 heteroatoms. The number of rotatable bonds is 4. The Morgan fingerprint density at radius 2 is 2.10 bits per heavy atom. The van der Waals surface area contributed by atoms with Gasteiger partial charge in [-0.1, -0.05) is 18.2 Å². The Balaban J connectivity index is 1.64. The highest BCUT2D eigenvalue weighted by Crippen LogP contribution is 2.17. The first kappa shape index (κ1) is 13.2. The molecule has 0 aliphatic carbocycles. The van der Waals surface area contributed by atoms with E-state index < -0.39 is 0 Å². The van der Waals surface area contributed by atoms with E-state index in [1.807, 2.05) is 24.3 Å². The molecule has 106 valence electrons. The third-order valence-electron chi connectivity index (χ3n) is 4.16. The van der Waals surface area contributed by atoms with Crippen LogP contribution in [0.2, 0.25) is 0 Å². The number of H-pyrrole nitrogens is 1. The van der Waals surface area contributed by atoms with Gasteiger partial charge in [0.2, 0.25) is 0 Å². The topological polar surface area (TPSA) is 48.1 Å². The van der Waals surface area contributed by atoms with Crippen molar-refractivity contribution in [1.82, 2.24) is 15.2 Å². The molecule has 0 spiro atoms. The molecule has 1 aliphatic rings. The van der Waals surface area contributed by atoms with E-state index in [1.165, 1.54) is 12.8 Å². The lowest BCUT2D eigenvalue weighted by molar-refractivity contribution is 0.0942. The van der Waals surface area contributed by atoms with Crippen molar-refractivity contribution in [2.45, 2.75) is 25.8 Å². The first-order chi connectivity index (χ1) is 9.75. The van der Waals surface area contributed by atoms with E-state index >= 15 is 0 Å². The summed E-state index contributed by atoms with van der Waals surface area (Å²) in [5, 5.41) is 4.04. The van der Waals surface area contributed by atoms with Crippen molar-refractivity contribution in [1.29, 1.82) is 0 Å². The maximum absolute atomic E-state index is 12.3. The number of para-hydroxylation sites is 1. The molecule has 0 radical (unpaired) electrons. The minimum Gasteiger partial charge on any atom is -0.360 e. The molecule has 2 N–H and O–H groups in total. The highest BCUT2D eigenvalue weighted by Gasteiger charge is 2.19. The lowest BCUT2D eigenvalue weighted by Gasteiger charge is -2.23. The van der Waals surface area contributed by atoms with E-state index in [-0.39, 0.29) is 5.91 Å². The number of aromatic nitrogens is 1. The number of nitrogens with zero attached hydrogens (tertiary/aromatic N) is 1. The number of likely N-dealkylation sites (tertiary alicyclic amines) is 1. The van der Waals surface area contributed by atoms with Crippen molar-refractivity contribution in [3.05, 3.63) is 36.0 Å². The van der Waals surface area contributed by atoms with Crippen molar-refractivity contribution in [3.63, 3.8) is 0 Å². The molecule has 1 atom stereocenters. The molecule has 2 aromatic rings. The van der Waals surface area contributed by atoms with Gasteiger partial charge in [-0.3, -0.25) is 9.69 Å². The average molecular weight is 271 g/mol. The summed E-state index contributed by atoms with van der Waals surface area (Å²) in [7, 11) is 0. The lowest BCUT2D eigenvalue weighted by atomic mass is 10.1. The van der Waals surface area contributed by atoms with Gasteiger partial charge in [-0.25, -0.2) is 0 Å². The second-order valence-corrected chi connectivity index (χ2v) is 5.55. The van der Waals surface area contributed by atoms with Gasteiger partial charge in [0.25, 0.3) is 5.91 Å². The summed E-state index contributed by atoms with van der Waals surface area (Å²) in [6, 6.07) is 8.30. The number of amides is 1. The van der Waals surface area contributed by atoms with Crippen molar-refractivity contribution in [2.24, 2.45) is 0 Å². The van der Waals surface area contributed by atoms with E-state index in [0.29, 0.717) is 12.6 Å². The normalized spacial score (nSPS) is 17.4. The predicted molar refractivity (Wildman–Crippen MR) is 80.9 cm³/mol. The number of carbonyl (C=O) groups is 1. The zero-order valence-electron chi connectivity index (χ0n) is 11.9. The number of fused-ring (bicyclic) bond motifs is 1. The molecule has 2 heterocycles. The van der Waals surface area contributed by atoms with E-state index in [2.05, 4.69) is 22.1 Å². The van der Waals surface area contributed by atoms with Gasteiger partial charge >= 0.3 is 0 Å². The van der Waals surface area contributed by atoms with Crippen LogP contribution in [0.5, 0.6) is 0 Å². The molecule has 1 aromatic carbocycles. The Morgan fingerprint density at radius 1 is 1.35 bits per heavy atom. The number of nitrogens with one attached hydrogen (secondary N) is 2. The van der Waals surface area contributed by atoms with Gasteiger partial charge in [-0.15, -0.1) is 0 Å². The molecule has 1 aromatic heterocycles. The number of benzene rings is 1. The molecular weight excluding hydrogens is 250 g/mol. The minimum absolute atomic E-state index is 0.00787. The van der Waals surface area contributed by atoms with Gasteiger partial charge in [0, 0.05) is 29.7 Å². The fourth-order valence-electron chi connectivity index (χ4n) is 2.91. The Hall–Kier alpha value is -1.81. The molecule has 4 nitrogen and oxygen atoms in total. The van der Waals surface area contributed by atoms with Crippen LogP contribution in [0.25, 0.3) is 10.9 Å². The predicted octanol–water partition coefficient (Wildman–Crippen LogP) is 2.38. The van der Waals surface area contributed by atoms with Crippen LogP contribution in [0.4, 0.5) is 0 Å². The van der Waals surface area contributed by atoms with Crippen molar-refractivity contribution < 1.29 is 4.79 Å². The van der Waals surface area contributed by atoms with Crippen LogP contribution >= 0.6 is 0 Å². The van der Waals surface area contributed by atoms with Crippen molar-refractivity contribution in [3.8, 4) is 0 Å². The van der Waals surface area contributed by atoms with Gasteiger partial charge < -0.3 is 10.3 Å². The first-order valence-corrected chi connectivity index (χ1v) is 7.34. The largest absolute Gasteiger partial charge is 0.360 e. The van der Waals surface area contributed by atoms with E-state index in [4.69, 9.17) is 0 Å². The van der Waals surface area contributed by atoms with Crippen molar-refractivity contribution >= 4 is 16.8 Å². The van der Waals surface area contributed by atoms with Crippen LogP contribution in [0, 0.1) is 0 Å². The second-order valence-electron chi connectivity index (χ2n) is 5.55. The third-order valence-corrected chi connectivity index (χ3v) is 4.16. The summed E-state index contributed by atoms with van der Waals surface area (Å²) < 4.78 is 0. The summed E-state index contributed by atoms with van der Waals surface area (Å²) in [5.41, 5.74) is 1.74. The number of carbonyl (C=O) groups excluding carboxylic acids is 1. The van der Waals surface area contributed by atoms with Crippen LogP contribution in [0.15, 0.2) is 30.5 Å². The summed E-state index contributed by atoms with van der Waals surface area (Å²) >= 11 is 0. The molecule has 1 aliphatic heterocycles. The van der Waals surface area contributed by atoms with Crippen LogP contribution in [0.1, 0.15) is 30.1 Å². The molecule has 20 heavy (non-hydrogen) atoms. The number of hydrogen-bond donors (Lipinski definition) is 2. The molecule has 0 bridgehead atoms. The first-order valence-electron chi connectivity index (χ1n) is 7.34. The number of aromatic amines is 1. The Kier molecular flexibility index (Phi) is 3.74.